The van der Waals surface area contributed by atoms with Crippen LogP contribution in [0.25, 0.3) is 0 Å². The summed E-state index contributed by atoms with van der Waals surface area (Å²) in [6, 6.07) is 0. The van der Waals surface area contributed by atoms with Gasteiger partial charge in [-0.25, -0.2) is 8.42 Å². The van der Waals surface area contributed by atoms with Crippen molar-refractivity contribution in [3.63, 3.8) is 0 Å². The van der Waals surface area contributed by atoms with E-state index < -0.39 is 27.6 Å². The molecule has 0 aromatic heterocycles. The fraction of sp³-hybridized carbons (Fsp3) is 0.964. The van der Waals surface area contributed by atoms with E-state index in [2.05, 4.69) is 55.4 Å². The van der Waals surface area contributed by atoms with Gasteiger partial charge in [0.05, 0.1) is 13.9 Å². The van der Waals surface area contributed by atoms with Crippen molar-refractivity contribution in [1.29, 1.82) is 0 Å². The monoisotopic (exact) mass is 638 g/mol. The van der Waals surface area contributed by atoms with Gasteiger partial charge in [-0.05, 0) is 40.0 Å². The van der Waals surface area contributed by atoms with Crippen LogP contribution in [0.4, 0.5) is 35.1 Å². The minimum atomic E-state index is -5.24. The Morgan fingerprint density at radius 1 is 0.600 bits per heavy atom. The molecule has 0 rings (SSSR count). The first-order valence-corrected chi connectivity index (χ1v) is 13.5. The Morgan fingerprint density at radius 2 is 0.650 bits per heavy atom. The lowest BCUT2D eigenvalue weighted by atomic mass is 9.92. The molecule has 262 valence electrons. The highest BCUT2D eigenvalue weighted by molar-refractivity contribution is 7.89. The summed E-state index contributed by atoms with van der Waals surface area (Å²) in [6.07, 6.45) is -5.67. The lowest BCUT2D eigenvalue weighted by Crippen LogP contribution is -2.44. The molecule has 0 aliphatic carbocycles. The zero-order chi connectivity index (χ0) is 32.2. The maximum atomic E-state index is 11.6. The molecule has 0 spiro atoms. The Bertz CT molecular complexity index is 484. The van der Waals surface area contributed by atoms with Gasteiger partial charge in [0.1, 0.15) is 15.6 Å². The molecule has 0 bridgehead atoms. The highest BCUT2D eigenvalue weighted by Crippen LogP contribution is 2.49. The number of hydrogen-bond acceptors (Lipinski definition) is 3. The van der Waals surface area contributed by atoms with Crippen molar-refractivity contribution < 1.29 is 48.3 Å². The van der Waals surface area contributed by atoms with Gasteiger partial charge < -0.3 is 4.79 Å². The fourth-order valence-electron chi connectivity index (χ4n) is 0.161. The number of ketones is 1. The Balaban J connectivity index is -0.0000000237. The van der Waals surface area contributed by atoms with Crippen molar-refractivity contribution in [1.82, 2.24) is 0 Å². The quantitative estimate of drug-likeness (QED) is 0.248. The summed E-state index contributed by atoms with van der Waals surface area (Å²) in [6.45, 7) is 21.7. The normalized spacial score (nSPS) is 9.30. The number of alkyl halides is 8. The number of rotatable bonds is 0. The number of Topliss-reactive ketones (excluding diaryl/α,β-unsaturated/α-hetero) is 1. The molecule has 0 amide bonds. The fourth-order valence-corrected chi connectivity index (χ4v) is 0.161. The summed E-state index contributed by atoms with van der Waals surface area (Å²) < 4.78 is 109. The molecule has 0 aliphatic rings. The second-order valence-corrected chi connectivity index (χ2v) is 11.6. The summed E-state index contributed by atoms with van der Waals surface area (Å²) in [7, 11) is -2.17. The van der Waals surface area contributed by atoms with Crippen LogP contribution >= 0.6 is 0 Å². The van der Waals surface area contributed by atoms with E-state index in [1.807, 2.05) is 0 Å². The van der Waals surface area contributed by atoms with E-state index in [1.165, 1.54) is 33.6 Å². The van der Waals surface area contributed by atoms with E-state index in [-0.39, 0.29) is 56.0 Å². The zero-order valence-electron chi connectivity index (χ0n) is 25.3. The summed E-state index contributed by atoms with van der Waals surface area (Å²) in [5, 5.41) is 0. The predicted molar refractivity (Wildman–Crippen MR) is 166 cm³/mol. The molecule has 0 aromatic carbocycles. The second kappa shape index (κ2) is 42.5. The lowest BCUT2D eigenvalue weighted by Gasteiger charge is -2.29. The Labute approximate surface area is 246 Å². The Hall–Kier alpha value is -0.940. The maximum absolute atomic E-state index is 11.6. The molecule has 40 heavy (non-hydrogen) atoms. The Morgan fingerprint density at radius 3 is 0.650 bits per heavy atom. The van der Waals surface area contributed by atoms with Gasteiger partial charge in [0.25, 0.3) is 0 Å². The third kappa shape index (κ3) is 166. The van der Waals surface area contributed by atoms with Gasteiger partial charge >= 0.3 is 12.4 Å². The lowest BCUT2D eigenvalue weighted by molar-refractivity contribution is -0.327. The van der Waals surface area contributed by atoms with Crippen LogP contribution in [0.2, 0.25) is 0 Å². The van der Waals surface area contributed by atoms with E-state index in [0.717, 1.165) is 12.5 Å². The summed E-state index contributed by atoms with van der Waals surface area (Å²) in [4.78, 5) is 9.44. The number of carbonyl (C=O) groups is 1. The van der Waals surface area contributed by atoms with E-state index in [1.54, 1.807) is 0 Å². The first kappa shape index (κ1) is 77.3. The summed E-state index contributed by atoms with van der Waals surface area (Å²) in [5.41, 5.74) is -3.12. The second-order valence-electron chi connectivity index (χ2n) is 9.35. The largest absolute Gasteiger partial charge is 0.402 e. The standard InChI is InChI=1S/C5H6F6.C5H12.C3H6O.2C3H8.C2H5F.C2H6O2S.CH3F.4CH4/c1-3(2,4(6,7)8)5(9,10)11;1-5(2,3)4;1-3(2)4;2*1-3-2;1-2-3;1-5(2,3)4;1-2;;;;/h1-2H3;1-4H3;1-2H3;2*3H2,1-2H3;2H2,1H3;1-2H3;1H3;4*1H4. The van der Waals surface area contributed by atoms with Crippen molar-refractivity contribution in [2.45, 2.75) is 145 Å². The molecule has 0 aliphatic heterocycles. The van der Waals surface area contributed by atoms with Crippen molar-refractivity contribution >= 4 is 15.6 Å². The molecule has 0 saturated heterocycles. The highest BCUT2D eigenvalue weighted by atomic mass is 32.2. The minimum Gasteiger partial charge on any atom is -0.300 e. The zero-order valence-corrected chi connectivity index (χ0v) is 26.1. The van der Waals surface area contributed by atoms with E-state index in [0.29, 0.717) is 12.6 Å². The van der Waals surface area contributed by atoms with Gasteiger partial charge in [0.15, 0.2) is 5.41 Å². The van der Waals surface area contributed by atoms with Crippen molar-refractivity contribution in [2.75, 3.05) is 26.4 Å². The van der Waals surface area contributed by atoms with Crippen LogP contribution in [0.5, 0.6) is 0 Å². The number of hydrogen-bond donors (Lipinski definition) is 0. The van der Waals surface area contributed by atoms with Crippen LogP contribution in [0.3, 0.4) is 0 Å². The molecule has 0 unspecified atom stereocenters. The SMILES string of the molecule is C.C.C.C.CC(C)(C(F)(F)F)C(F)(F)F.CC(C)(C)C.CC(C)=O.CCC.CCC.CCF.CF.CS(C)(=O)=O. The average Bonchev–Trinajstić information content (AvgIpc) is 2.53. The van der Waals surface area contributed by atoms with Crippen LogP contribution in [-0.2, 0) is 14.6 Å². The first-order valence-electron chi connectivity index (χ1n) is 11.2. The van der Waals surface area contributed by atoms with Gasteiger partial charge in [-0.3, -0.25) is 8.78 Å². The van der Waals surface area contributed by atoms with Crippen LogP contribution in [0, 0.1) is 10.8 Å². The number of carbonyl (C=O) groups excluding carboxylic acids is 1. The molecule has 0 N–H and O–H groups in total. The molecule has 0 radical (unpaired) electrons. The molecule has 3 nitrogen and oxygen atoms in total. The topological polar surface area (TPSA) is 51.2 Å². The van der Waals surface area contributed by atoms with E-state index in [9.17, 15) is 48.3 Å². The predicted octanol–water partition coefficient (Wildman–Crippen LogP) is 12.4. The van der Waals surface area contributed by atoms with Gasteiger partial charge in [-0.15, -0.1) is 0 Å². The summed E-state index contributed by atoms with van der Waals surface area (Å²) >= 11 is 0. The molecular weight excluding hydrogens is 568 g/mol. The molecule has 12 heteroatoms. The molecule has 0 fully saturated rings. The van der Waals surface area contributed by atoms with Crippen LogP contribution in [0.1, 0.15) is 133 Å². The first-order chi connectivity index (χ1) is 15.5. The van der Waals surface area contributed by atoms with Crippen LogP contribution < -0.4 is 0 Å². The van der Waals surface area contributed by atoms with Gasteiger partial charge in [-0.2, -0.15) is 26.3 Å². The van der Waals surface area contributed by atoms with Crippen molar-refractivity contribution in [2.24, 2.45) is 10.8 Å². The van der Waals surface area contributed by atoms with Crippen molar-refractivity contribution in [3.8, 4) is 0 Å². The molecular formula is C28H70F8O3S. The smallest absolute Gasteiger partial charge is 0.300 e. The van der Waals surface area contributed by atoms with Crippen molar-refractivity contribution in [3.05, 3.63) is 0 Å². The number of halogens is 8. The molecule has 0 saturated carbocycles. The average molecular weight is 639 g/mol. The molecule has 0 atom stereocenters. The van der Waals surface area contributed by atoms with E-state index >= 15 is 0 Å². The van der Waals surface area contributed by atoms with Gasteiger partial charge in [-0.1, -0.05) is 97.9 Å². The molecule has 0 aromatic rings. The third-order valence-electron chi connectivity index (χ3n) is 1.42. The van der Waals surface area contributed by atoms with E-state index in [4.69, 9.17) is 0 Å². The maximum Gasteiger partial charge on any atom is 0.402 e. The molecule has 0 heterocycles. The van der Waals surface area contributed by atoms with Crippen LogP contribution in [-0.4, -0.2) is 52.9 Å². The third-order valence-corrected chi connectivity index (χ3v) is 1.42. The van der Waals surface area contributed by atoms with Gasteiger partial charge in [0, 0.05) is 12.5 Å². The summed E-state index contributed by atoms with van der Waals surface area (Å²) in [5.74, 6) is 0.167. The number of sulfone groups is 1. The minimum absolute atomic E-state index is 0. The van der Waals surface area contributed by atoms with Crippen LogP contribution in [0.15, 0.2) is 0 Å². The Kier molecular flexibility index (Phi) is 82.2. The highest BCUT2D eigenvalue weighted by Gasteiger charge is 2.64. The van der Waals surface area contributed by atoms with Gasteiger partial charge in [0.2, 0.25) is 0 Å².